The van der Waals surface area contributed by atoms with Gasteiger partial charge < -0.3 is 14.8 Å². The molecule has 17 heavy (non-hydrogen) atoms. The molecule has 1 rings (SSSR count). The third kappa shape index (κ3) is 3.81. The third-order valence-corrected chi connectivity index (χ3v) is 2.71. The minimum Gasteiger partial charge on any atom is -0.342 e. The molecular formula is C11H21N5O. The first-order valence-corrected chi connectivity index (χ1v) is 6.08. The van der Waals surface area contributed by atoms with Crippen molar-refractivity contribution in [2.24, 2.45) is 0 Å². The zero-order valence-electron chi connectivity index (χ0n) is 10.8. The van der Waals surface area contributed by atoms with Gasteiger partial charge in [-0.05, 0) is 20.8 Å². The summed E-state index contributed by atoms with van der Waals surface area (Å²) in [4.78, 5) is 13.5. The van der Waals surface area contributed by atoms with Crippen LogP contribution in [0.3, 0.4) is 0 Å². The fraction of sp³-hybridized carbons (Fsp3) is 0.727. The third-order valence-electron chi connectivity index (χ3n) is 2.71. The van der Waals surface area contributed by atoms with Gasteiger partial charge in [0.15, 0.2) is 0 Å². The van der Waals surface area contributed by atoms with Gasteiger partial charge in [0.1, 0.15) is 12.2 Å². The Morgan fingerprint density at radius 2 is 2.12 bits per heavy atom. The van der Waals surface area contributed by atoms with Gasteiger partial charge in [0.05, 0.1) is 13.1 Å². The van der Waals surface area contributed by atoms with E-state index in [9.17, 15) is 4.79 Å². The van der Waals surface area contributed by atoms with Crippen LogP contribution in [0.5, 0.6) is 0 Å². The Morgan fingerprint density at radius 1 is 1.41 bits per heavy atom. The summed E-state index contributed by atoms with van der Waals surface area (Å²) in [5.41, 5.74) is 0. The molecule has 0 fully saturated rings. The zero-order valence-corrected chi connectivity index (χ0v) is 10.8. The molecule has 0 aliphatic rings. The number of amides is 1. The number of nitrogens with zero attached hydrogens (tertiary/aromatic N) is 4. The van der Waals surface area contributed by atoms with Gasteiger partial charge in [-0.3, -0.25) is 4.79 Å². The molecular weight excluding hydrogens is 218 g/mol. The van der Waals surface area contributed by atoms with Gasteiger partial charge in [-0.2, -0.15) is 0 Å². The monoisotopic (exact) mass is 239 g/mol. The Bertz CT molecular complexity index is 345. The number of rotatable bonds is 7. The number of hydrogen-bond acceptors (Lipinski definition) is 4. The summed E-state index contributed by atoms with van der Waals surface area (Å²) in [5, 5.41) is 10.9. The Hall–Kier alpha value is -1.43. The quantitative estimate of drug-likeness (QED) is 0.741. The molecule has 1 aromatic rings. The molecule has 6 heteroatoms. The highest BCUT2D eigenvalue weighted by molar-refractivity contribution is 5.78. The van der Waals surface area contributed by atoms with E-state index in [0.717, 1.165) is 25.5 Å². The first-order chi connectivity index (χ1) is 8.22. The lowest BCUT2D eigenvalue weighted by Gasteiger charge is -2.18. The first-order valence-electron chi connectivity index (χ1n) is 6.08. The topological polar surface area (TPSA) is 63.1 Å². The second kappa shape index (κ2) is 7.01. The summed E-state index contributed by atoms with van der Waals surface area (Å²) in [5.74, 6) is 0.984. The summed E-state index contributed by atoms with van der Waals surface area (Å²) >= 11 is 0. The van der Waals surface area contributed by atoms with E-state index in [-0.39, 0.29) is 5.91 Å². The van der Waals surface area contributed by atoms with Crippen LogP contribution in [0, 0.1) is 0 Å². The maximum absolute atomic E-state index is 11.7. The van der Waals surface area contributed by atoms with Crippen molar-refractivity contribution in [2.75, 3.05) is 19.6 Å². The predicted molar refractivity (Wildman–Crippen MR) is 65.3 cm³/mol. The summed E-state index contributed by atoms with van der Waals surface area (Å²) in [6.45, 7) is 9.26. The standard InChI is InChI=1S/C11H21N5O/c1-4-15(5-2)11(17)8-12-7-10-14-13-9-16(10)6-3/h9,12H,4-8H2,1-3H3. The van der Waals surface area contributed by atoms with Crippen molar-refractivity contribution in [2.45, 2.75) is 33.9 Å². The van der Waals surface area contributed by atoms with Crippen molar-refractivity contribution in [3.05, 3.63) is 12.2 Å². The van der Waals surface area contributed by atoms with Crippen LogP contribution < -0.4 is 5.32 Å². The van der Waals surface area contributed by atoms with Crippen LogP contribution in [0.25, 0.3) is 0 Å². The Balaban J connectivity index is 2.35. The second-order valence-electron chi connectivity index (χ2n) is 3.70. The highest BCUT2D eigenvalue weighted by Gasteiger charge is 2.09. The van der Waals surface area contributed by atoms with Crippen molar-refractivity contribution >= 4 is 5.91 Å². The number of carbonyl (C=O) groups excluding carboxylic acids is 1. The number of nitrogens with one attached hydrogen (secondary N) is 1. The molecule has 0 bridgehead atoms. The van der Waals surface area contributed by atoms with E-state index in [1.165, 1.54) is 0 Å². The van der Waals surface area contributed by atoms with E-state index in [0.29, 0.717) is 13.1 Å². The molecule has 0 unspecified atom stereocenters. The molecule has 0 aliphatic heterocycles. The van der Waals surface area contributed by atoms with E-state index in [1.54, 1.807) is 11.2 Å². The van der Waals surface area contributed by atoms with Crippen LogP contribution in [0.2, 0.25) is 0 Å². The van der Waals surface area contributed by atoms with Crippen LogP contribution in [0.15, 0.2) is 6.33 Å². The molecule has 6 nitrogen and oxygen atoms in total. The van der Waals surface area contributed by atoms with E-state index in [2.05, 4.69) is 15.5 Å². The van der Waals surface area contributed by atoms with Gasteiger partial charge in [0.25, 0.3) is 0 Å². The molecule has 0 radical (unpaired) electrons. The van der Waals surface area contributed by atoms with Crippen molar-refractivity contribution in [1.29, 1.82) is 0 Å². The van der Waals surface area contributed by atoms with Gasteiger partial charge in [-0.1, -0.05) is 0 Å². The van der Waals surface area contributed by atoms with E-state index < -0.39 is 0 Å². The number of carbonyl (C=O) groups is 1. The normalized spacial score (nSPS) is 10.5. The molecule has 1 amide bonds. The first kappa shape index (κ1) is 13.6. The number of aryl methyl sites for hydroxylation is 1. The molecule has 0 atom stereocenters. The number of likely N-dealkylation sites (N-methyl/N-ethyl adjacent to an activating group) is 1. The molecule has 0 aliphatic carbocycles. The number of aromatic nitrogens is 3. The lowest BCUT2D eigenvalue weighted by Crippen LogP contribution is -2.38. The molecule has 0 spiro atoms. The van der Waals surface area contributed by atoms with Crippen molar-refractivity contribution in [3.8, 4) is 0 Å². The van der Waals surface area contributed by atoms with Crippen LogP contribution in [-0.2, 0) is 17.9 Å². The predicted octanol–water partition coefficient (Wildman–Crippen LogP) is 0.256. The lowest BCUT2D eigenvalue weighted by molar-refractivity contribution is -0.129. The van der Waals surface area contributed by atoms with Gasteiger partial charge in [-0.25, -0.2) is 0 Å². The van der Waals surface area contributed by atoms with Crippen molar-refractivity contribution in [3.63, 3.8) is 0 Å². The SMILES string of the molecule is CCN(CC)C(=O)CNCc1nncn1CC. The fourth-order valence-corrected chi connectivity index (χ4v) is 1.65. The Labute approximate surface area is 102 Å². The minimum absolute atomic E-state index is 0.123. The number of hydrogen-bond donors (Lipinski definition) is 1. The van der Waals surface area contributed by atoms with Crippen LogP contribution in [-0.4, -0.2) is 45.2 Å². The second-order valence-corrected chi connectivity index (χ2v) is 3.70. The van der Waals surface area contributed by atoms with Crippen molar-refractivity contribution < 1.29 is 4.79 Å². The largest absolute Gasteiger partial charge is 0.342 e. The molecule has 1 aromatic heterocycles. The van der Waals surface area contributed by atoms with Crippen molar-refractivity contribution in [1.82, 2.24) is 25.0 Å². The van der Waals surface area contributed by atoms with Crippen LogP contribution in [0.1, 0.15) is 26.6 Å². The smallest absolute Gasteiger partial charge is 0.236 e. The average Bonchev–Trinajstić information content (AvgIpc) is 2.78. The van der Waals surface area contributed by atoms with E-state index in [4.69, 9.17) is 0 Å². The lowest BCUT2D eigenvalue weighted by atomic mass is 10.4. The molecule has 0 saturated carbocycles. The average molecular weight is 239 g/mol. The summed E-state index contributed by atoms with van der Waals surface area (Å²) < 4.78 is 1.95. The maximum Gasteiger partial charge on any atom is 0.236 e. The van der Waals surface area contributed by atoms with Crippen LogP contribution in [0.4, 0.5) is 0 Å². The molecule has 0 aromatic carbocycles. The summed E-state index contributed by atoms with van der Waals surface area (Å²) in [6.07, 6.45) is 1.70. The zero-order chi connectivity index (χ0) is 12.7. The highest BCUT2D eigenvalue weighted by atomic mass is 16.2. The van der Waals surface area contributed by atoms with E-state index in [1.807, 2.05) is 25.3 Å². The Morgan fingerprint density at radius 3 is 2.71 bits per heavy atom. The van der Waals surface area contributed by atoms with E-state index >= 15 is 0 Å². The van der Waals surface area contributed by atoms with Gasteiger partial charge in [-0.15, -0.1) is 10.2 Å². The summed E-state index contributed by atoms with van der Waals surface area (Å²) in [7, 11) is 0. The molecule has 0 saturated heterocycles. The fourth-order valence-electron chi connectivity index (χ4n) is 1.65. The van der Waals surface area contributed by atoms with Crippen LogP contribution >= 0.6 is 0 Å². The minimum atomic E-state index is 0.123. The molecule has 1 N–H and O–H groups in total. The van der Waals surface area contributed by atoms with Gasteiger partial charge in [0.2, 0.25) is 5.91 Å². The summed E-state index contributed by atoms with van der Waals surface area (Å²) in [6, 6.07) is 0. The maximum atomic E-state index is 11.7. The van der Waals surface area contributed by atoms with Gasteiger partial charge >= 0.3 is 0 Å². The van der Waals surface area contributed by atoms with Gasteiger partial charge in [0, 0.05) is 19.6 Å². The highest BCUT2D eigenvalue weighted by Crippen LogP contribution is 1.94. The Kier molecular flexibility index (Phi) is 5.62. The molecule has 1 heterocycles. The molecule has 96 valence electrons.